The Balaban J connectivity index is 2.95. The summed E-state index contributed by atoms with van der Waals surface area (Å²) in [6, 6.07) is 2.08. The van der Waals surface area contributed by atoms with Crippen molar-refractivity contribution >= 4 is 17.7 Å². The van der Waals surface area contributed by atoms with E-state index >= 15 is 0 Å². The average molecular weight is 253 g/mol. The van der Waals surface area contributed by atoms with Gasteiger partial charge in [0.15, 0.2) is 0 Å². The van der Waals surface area contributed by atoms with Crippen LogP contribution in [0.1, 0.15) is 15.9 Å². The zero-order chi connectivity index (χ0) is 13.7. The SMILES string of the molecule is C=CCOC(=O)Nc1cc(C(=O)O)c(F)cc1C. The number of aryl methyl sites for hydroxylation is 1. The van der Waals surface area contributed by atoms with Gasteiger partial charge in [0.25, 0.3) is 0 Å². The van der Waals surface area contributed by atoms with E-state index in [1.165, 1.54) is 13.0 Å². The van der Waals surface area contributed by atoms with Crippen molar-refractivity contribution in [3.63, 3.8) is 0 Å². The van der Waals surface area contributed by atoms with Crippen LogP contribution in [0, 0.1) is 12.7 Å². The summed E-state index contributed by atoms with van der Waals surface area (Å²) in [6.07, 6.45) is 0.626. The number of hydrogen-bond acceptors (Lipinski definition) is 3. The molecule has 0 radical (unpaired) electrons. The van der Waals surface area contributed by atoms with E-state index in [4.69, 9.17) is 5.11 Å². The quantitative estimate of drug-likeness (QED) is 0.808. The highest BCUT2D eigenvalue weighted by Crippen LogP contribution is 2.20. The molecule has 0 atom stereocenters. The van der Waals surface area contributed by atoms with E-state index in [2.05, 4.69) is 16.6 Å². The molecule has 5 nitrogen and oxygen atoms in total. The van der Waals surface area contributed by atoms with Gasteiger partial charge in [-0.05, 0) is 24.6 Å². The molecule has 0 aliphatic carbocycles. The van der Waals surface area contributed by atoms with Crippen molar-refractivity contribution in [1.82, 2.24) is 0 Å². The van der Waals surface area contributed by atoms with Gasteiger partial charge in [-0.2, -0.15) is 0 Å². The van der Waals surface area contributed by atoms with Gasteiger partial charge in [0, 0.05) is 5.69 Å². The molecule has 96 valence electrons. The lowest BCUT2D eigenvalue weighted by molar-refractivity contribution is 0.0692. The van der Waals surface area contributed by atoms with Crippen LogP contribution in [0.2, 0.25) is 0 Å². The summed E-state index contributed by atoms with van der Waals surface area (Å²) in [5.41, 5.74) is 0.0653. The number of carboxylic acids is 1. The summed E-state index contributed by atoms with van der Waals surface area (Å²) in [7, 11) is 0. The van der Waals surface area contributed by atoms with Gasteiger partial charge in [0.1, 0.15) is 12.4 Å². The molecule has 0 aliphatic rings. The Morgan fingerprint density at radius 2 is 2.22 bits per heavy atom. The topological polar surface area (TPSA) is 75.6 Å². The number of anilines is 1. The fraction of sp³-hybridized carbons (Fsp3) is 0.167. The zero-order valence-electron chi connectivity index (χ0n) is 9.70. The number of hydrogen-bond donors (Lipinski definition) is 2. The summed E-state index contributed by atoms with van der Waals surface area (Å²) in [4.78, 5) is 22.0. The van der Waals surface area contributed by atoms with Crippen LogP contribution < -0.4 is 5.32 Å². The van der Waals surface area contributed by atoms with Gasteiger partial charge in [0.2, 0.25) is 0 Å². The molecular weight excluding hydrogens is 241 g/mol. The average Bonchev–Trinajstić information content (AvgIpc) is 2.29. The Kier molecular flexibility index (Phi) is 4.42. The molecule has 1 aromatic rings. The summed E-state index contributed by atoms with van der Waals surface area (Å²) in [5.74, 6) is -2.26. The first kappa shape index (κ1) is 13.7. The third-order valence-electron chi connectivity index (χ3n) is 2.11. The lowest BCUT2D eigenvalue weighted by Crippen LogP contribution is -2.15. The molecule has 6 heteroatoms. The van der Waals surface area contributed by atoms with Gasteiger partial charge in [-0.1, -0.05) is 12.7 Å². The molecule has 0 bridgehead atoms. The van der Waals surface area contributed by atoms with Crippen molar-refractivity contribution in [3.05, 3.63) is 41.7 Å². The molecule has 0 fully saturated rings. The summed E-state index contributed by atoms with van der Waals surface area (Å²) < 4.78 is 18.0. The van der Waals surface area contributed by atoms with E-state index in [0.717, 1.165) is 12.1 Å². The molecule has 1 amide bonds. The standard InChI is InChI=1S/C12H12FNO4/c1-3-4-18-12(17)14-10-6-8(11(15)16)9(13)5-7(10)2/h3,5-6H,1,4H2,2H3,(H,14,17)(H,15,16). The first-order chi connectivity index (χ1) is 8.45. The maximum atomic E-state index is 13.3. The summed E-state index contributed by atoms with van der Waals surface area (Å²) >= 11 is 0. The Labute approximate surface area is 103 Å². The van der Waals surface area contributed by atoms with Gasteiger partial charge >= 0.3 is 12.1 Å². The maximum Gasteiger partial charge on any atom is 0.411 e. The van der Waals surface area contributed by atoms with E-state index in [9.17, 15) is 14.0 Å². The van der Waals surface area contributed by atoms with Gasteiger partial charge in [0.05, 0.1) is 5.56 Å². The minimum atomic E-state index is -1.41. The van der Waals surface area contributed by atoms with Crippen molar-refractivity contribution in [2.45, 2.75) is 6.92 Å². The highest BCUT2D eigenvalue weighted by Gasteiger charge is 2.14. The number of nitrogens with one attached hydrogen (secondary N) is 1. The minimum absolute atomic E-state index is 0.0257. The Morgan fingerprint density at radius 3 is 2.78 bits per heavy atom. The summed E-state index contributed by atoms with van der Waals surface area (Å²) in [5, 5.41) is 11.1. The van der Waals surface area contributed by atoms with Crippen LogP contribution in [0.15, 0.2) is 24.8 Å². The molecule has 0 saturated heterocycles. The molecule has 0 saturated carbocycles. The van der Waals surface area contributed by atoms with Crippen molar-refractivity contribution in [3.8, 4) is 0 Å². The number of ether oxygens (including phenoxy) is 1. The molecule has 0 heterocycles. The number of aromatic carboxylic acids is 1. The molecule has 2 N–H and O–H groups in total. The monoisotopic (exact) mass is 253 g/mol. The van der Waals surface area contributed by atoms with Crippen molar-refractivity contribution in [2.75, 3.05) is 11.9 Å². The number of carbonyl (C=O) groups excluding carboxylic acids is 1. The third kappa shape index (κ3) is 3.31. The molecule has 0 aromatic heterocycles. The maximum absolute atomic E-state index is 13.3. The van der Waals surface area contributed by atoms with E-state index in [-0.39, 0.29) is 12.3 Å². The van der Waals surface area contributed by atoms with E-state index in [0.29, 0.717) is 5.56 Å². The van der Waals surface area contributed by atoms with E-state index < -0.39 is 23.4 Å². The minimum Gasteiger partial charge on any atom is -0.478 e. The fourth-order valence-electron chi connectivity index (χ4n) is 1.25. The number of halogens is 1. The molecule has 0 unspecified atom stereocenters. The Hall–Kier alpha value is -2.37. The van der Waals surface area contributed by atoms with Crippen LogP contribution in [-0.4, -0.2) is 23.8 Å². The van der Waals surface area contributed by atoms with Crippen LogP contribution in [-0.2, 0) is 4.74 Å². The normalized spacial score (nSPS) is 9.67. The van der Waals surface area contributed by atoms with Crippen LogP contribution in [0.25, 0.3) is 0 Å². The molecule has 18 heavy (non-hydrogen) atoms. The summed E-state index contributed by atoms with van der Waals surface area (Å²) in [6.45, 7) is 4.94. The zero-order valence-corrected chi connectivity index (χ0v) is 9.70. The predicted molar refractivity (Wildman–Crippen MR) is 63.3 cm³/mol. The largest absolute Gasteiger partial charge is 0.478 e. The van der Waals surface area contributed by atoms with Crippen LogP contribution in [0.4, 0.5) is 14.9 Å². The predicted octanol–water partition coefficient (Wildman–Crippen LogP) is 2.57. The van der Waals surface area contributed by atoms with Crippen molar-refractivity contribution in [2.24, 2.45) is 0 Å². The van der Waals surface area contributed by atoms with Crippen LogP contribution in [0.5, 0.6) is 0 Å². The molecule has 1 aromatic carbocycles. The Morgan fingerprint density at radius 1 is 1.56 bits per heavy atom. The van der Waals surface area contributed by atoms with E-state index in [1.54, 1.807) is 0 Å². The number of benzene rings is 1. The molecular formula is C12H12FNO4. The van der Waals surface area contributed by atoms with Crippen LogP contribution in [0.3, 0.4) is 0 Å². The number of rotatable bonds is 4. The van der Waals surface area contributed by atoms with Crippen molar-refractivity contribution < 1.29 is 23.8 Å². The second-order valence-corrected chi connectivity index (χ2v) is 3.46. The van der Waals surface area contributed by atoms with Crippen LogP contribution >= 0.6 is 0 Å². The Bertz CT molecular complexity index is 499. The highest BCUT2D eigenvalue weighted by molar-refractivity contribution is 5.92. The molecule has 0 aliphatic heterocycles. The fourth-order valence-corrected chi connectivity index (χ4v) is 1.25. The lowest BCUT2D eigenvalue weighted by Gasteiger charge is -2.09. The smallest absolute Gasteiger partial charge is 0.411 e. The second-order valence-electron chi connectivity index (χ2n) is 3.46. The second kappa shape index (κ2) is 5.81. The van der Waals surface area contributed by atoms with Gasteiger partial charge in [-0.15, -0.1) is 0 Å². The van der Waals surface area contributed by atoms with Gasteiger partial charge in [-0.3, -0.25) is 5.32 Å². The molecule has 0 spiro atoms. The number of amides is 1. The van der Waals surface area contributed by atoms with E-state index in [1.807, 2.05) is 0 Å². The van der Waals surface area contributed by atoms with Gasteiger partial charge in [-0.25, -0.2) is 14.0 Å². The third-order valence-corrected chi connectivity index (χ3v) is 2.11. The first-order valence-electron chi connectivity index (χ1n) is 5.03. The highest BCUT2D eigenvalue weighted by atomic mass is 19.1. The number of carbonyl (C=O) groups is 2. The lowest BCUT2D eigenvalue weighted by atomic mass is 10.1. The van der Waals surface area contributed by atoms with Crippen molar-refractivity contribution in [1.29, 1.82) is 0 Å². The number of carboxylic acid groups (broad SMARTS) is 1. The first-order valence-corrected chi connectivity index (χ1v) is 5.03. The van der Waals surface area contributed by atoms with Gasteiger partial charge < -0.3 is 9.84 Å². The molecule has 1 rings (SSSR count).